The Morgan fingerprint density at radius 3 is 2.47 bits per heavy atom. The smallest absolute Gasteiger partial charge is 0.269 e. The first-order chi connectivity index (χ1) is 8.67. The summed E-state index contributed by atoms with van der Waals surface area (Å²) in [6.45, 7) is 3.12. The average molecular weight is 286 g/mol. The Morgan fingerprint density at radius 2 is 2.05 bits per heavy atom. The monoisotopic (exact) mass is 286 g/mol. The lowest BCUT2D eigenvalue weighted by molar-refractivity contribution is 0.0945. The third-order valence-corrected chi connectivity index (χ3v) is 4.99. The lowest BCUT2D eigenvalue weighted by Gasteiger charge is -2.22. The lowest BCUT2D eigenvalue weighted by atomic mass is 10.2. The van der Waals surface area contributed by atoms with E-state index in [2.05, 4.69) is 15.7 Å². The molecule has 4 N–H and O–H groups in total. The molecule has 0 spiro atoms. The Labute approximate surface area is 112 Å². The van der Waals surface area contributed by atoms with Gasteiger partial charge in [0.05, 0.1) is 16.6 Å². The van der Waals surface area contributed by atoms with Crippen molar-refractivity contribution < 1.29 is 13.2 Å². The molecule has 0 bridgehead atoms. The number of hydrogen-bond donors (Lipinski definition) is 3. The quantitative estimate of drug-likeness (QED) is 0.515. The van der Waals surface area contributed by atoms with Crippen LogP contribution in [-0.2, 0) is 9.84 Å². The van der Waals surface area contributed by atoms with E-state index in [0.717, 1.165) is 6.26 Å². The van der Waals surface area contributed by atoms with Crippen LogP contribution in [-0.4, -0.2) is 36.9 Å². The predicted octanol–water partition coefficient (Wildman–Crippen LogP) is -0.0798. The second-order valence-electron chi connectivity index (χ2n) is 4.79. The largest absolute Gasteiger partial charge is 0.349 e. The zero-order valence-electron chi connectivity index (χ0n) is 11.1. The highest BCUT2D eigenvalue weighted by atomic mass is 32.2. The standard InChI is InChI=1S/C11H18N4O3S/c1-11(2,19(3,17)18)7-14-10(16)9-5-4-8(15-12)6-13-9/h4-6,15H,7,12H2,1-3H3,(H,14,16). The van der Waals surface area contributed by atoms with Crippen molar-refractivity contribution in [3.8, 4) is 0 Å². The van der Waals surface area contributed by atoms with Gasteiger partial charge in [0.15, 0.2) is 9.84 Å². The molecule has 0 aromatic carbocycles. The Kier molecular flexibility index (Phi) is 4.48. The predicted molar refractivity (Wildman–Crippen MR) is 73.3 cm³/mol. The van der Waals surface area contributed by atoms with Crippen molar-refractivity contribution in [2.45, 2.75) is 18.6 Å². The third-order valence-electron chi connectivity index (χ3n) is 2.84. The van der Waals surface area contributed by atoms with E-state index in [1.54, 1.807) is 19.9 Å². The van der Waals surface area contributed by atoms with Crippen LogP contribution in [0.25, 0.3) is 0 Å². The summed E-state index contributed by atoms with van der Waals surface area (Å²) in [5.74, 6) is 4.75. The number of amides is 1. The number of aromatic nitrogens is 1. The summed E-state index contributed by atoms with van der Waals surface area (Å²) >= 11 is 0. The van der Waals surface area contributed by atoms with Gasteiger partial charge in [-0.15, -0.1) is 0 Å². The van der Waals surface area contributed by atoms with Crippen molar-refractivity contribution in [2.24, 2.45) is 5.84 Å². The van der Waals surface area contributed by atoms with Crippen molar-refractivity contribution in [1.29, 1.82) is 0 Å². The number of rotatable bonds is 5. The van der Waals surface area contributed by atoms with E-state index in [9.17, 15) is 13.2 Å². The van der Waals surface area contributed by atoms with Crippen LogP contribution in [0.15, 0.2) is 18.3 Å². The maximum absolute atomic E-state index is 11.8. The van der Waals surface area contributed by atoms with Gasteiger partial charge in [-0.25, -0.2) is 13.4 Å². The summed E-state index contributed by atoms with van der Waals surface area (Å²) in [6.07, 6.45) is 2.55. The van der Waals surface area contributed by atoms with E-state index in [1.807, 2.05) is 0 Å². The highest BCUT2D eigenvalue weighted by molar-refractivity contribution is 7.92. The number of carbonyl (C=O) groups is 1. The van der Waals surface area contributed by atoms with E-state index in [1.165, 1.54) is 12.3 Å². The Bertz CT molecular complexity index is 552. The Morgan fingerprint density at radius 1 is 1.42 bits per heavy atom. The number of pyridine rings is 1. The molecule has 0 saturated heterocycles. The average Bonchev–Trinajstić information content (AvgIpc) is 2.35. The zero-order chi connectivity index (χ0) is 14.7. The van der Waals surface area contributed by atoms with Crippen LogP contribution < -0.4 is 16.6 Å². The zero-order valence-corrected chi connectivity index (χ0v) is 11.9. The van der Waals surface area contributed by atoms with E-state index < -0.39 is 20.5 Å². The lowest BCUT2D eigenvalue weighted by Crippen LogP contribution is -2.43. The van der Waals surface area contributed by atoms with Gasteiger partial charge in [0, 0.05) is 12.8 Å². The molecule has 0 saturated carbocycles. The van der Waals surface area contributed by atoms with Crippen molar-refractivity contribution in [3.05, 3.63) is 24.0 Å². The fraction of sp³-hybridized carbons (Fsp3) is 0.455. The molecule has 1 aromatic heterocycles. The molecule has 1 amide bonds. The number of hydrazine groups is 1. The Hall–Kier alpha value is -1.67. The van der Waals surface area contributed by atoms with Crippen LogP contribution in [0.3, 0.4) is 0 Å². The summed E-state index contributed by atoms with van der Waals surface area (Å²) in [7, 11) is -3.25. The van der Waals surface area contributed by atoms with Crippen molar-refractivity contribution >= 4 is 21.4 Å². The number of nitrogens with two attached hydrogens (primary N) is 1. The van der Waals surface area contributed by atoms with Crippen molar-refractivity contribution in [1.82, 2.24) is 10.3 Å². The fourth-order valence-corrected chi connectivity index (χ4v) is 1.46. The molecule has 1 aromatic rings. The molecule has 0 aliphatic rings. The van der Waals surface area contributed by atoms with E-state index in [4.69, 9.17) is 5.84 Å². The van der Waals surface area contributed by atoms with Gasteiger partial charge in [-0.1, -0.05) is 0 Å². The van der Waals surface area contributed by atoms with E-state index >= 15 is 0 Å². The molecule has 0 fully saturated rings. The number of nitrogen functional groups attached to an aromatic ring is 1. The molecule has 0 aliphatic heterocycles. The fourth-order valence-electron chi connectivity index (χ4n) is 1.13. The summed E-state index contributed by atoms with van der Waals surface area (Å²) in [5, 5.41) is 2.55. The minimum Gasteiger partial charge on any atom is -0.349 e. The number of nitrogens with zero attached hydrogens (tertiary/aromatic N) is 1. The molecule has 1 rings (SSSR count). The molecule has 0 radical (unpaired) electrons. The highest BCUT2D eigenvalue weighted by Crippen LogP contribution is 2.13. The molecule has 7 nitrogen and oxygen atoms in total. The van der Waals surface area contributed by atoms with Gasteiger partial charge >= 0.3 is 0 Å². The van der Waals surface area contributed by atoms with Gasteiger partial charge in [-0.2, -0.15) is 0 Å². The molecule has 1 heterocycles. The highest BCUT2D eigenvalue weighted by Gasteiger charge is 2.30. The second kappa shape index (κ2) is 5.54. The van der Waals surface area contributed by atoms with Crippen LogP contribution in [0, 0.1) is 0 Å². The number of hydrogen-bond acceptors (Lipinski definition) is 6. The first kappa shape index (κ1) is 15.4. The van der Waals surface area contributed by atoms with Gasteiger partial charge < -0.3 is 10.7 Å². The summed E-state index contributed by atoms with van der Waals surface area (Å²) in [5.41, 5.74) is 3.17. The van der Waals surface area contributed by atoms with Crippen LogP contribution >= 0.6 is 0 Å². The summed E-state index contributed by atoms with van der Waals surface area (Å²) < 4.78 is 22.0. The molecule has 0 aliphatic carbocycles. The topological polar surface area (TPSA) is 114 Å². The number of nitrogens with one attached hydrogen (secondary N) is 2. The molecular formula is C11H18N4O3S. The van der Waals surface area contributed by atoms with Gasteiger partial charge in [0.1, 0.15) is 5.69 Å². The molecule has 106 valence electrons. The first-order valence-corrected chi connectivity index (χ1v) is 7.47. The minimum atomic E-state index is -3.25. The molecule has 8 heteroatoms. The van der Waals surface area contributed by atoms with Crippen LogP contribution in [0.4, 0.5) is 5.69 Å². The van der Waals surface area contributed by atoms with Gasteiger partial charge in [-0.3, -0.25) is 10.6 Å². The van der Waals surface area contributed by atoms with Gasteiger partial charge in [0.25, 0.3) is 5.91 Å². The maximum Gasteiger partial charge on any atom is 0.269 e. The Balaban J connectivity index is 2.70. The van der Waals surface area contributed by atoms with Gasteiger partial charge in [-0.05, 0) is 26.0 Å². The second-order valence-corrected chi connectivity index (χ2v) is 7.44. The van der Waals surface area contributed by atoms with E-state index in [0.29, 0.717) is 5.69 Å². The normalized spacial score (nSPS) is 12.0. The van der Waals surface area contributed by atoms with Crippen LogP contribution in [0.1, 0.15) is 24.3 Å². The maximum atomic E-state index is 11.8. The van der Waals surface area contributed by atoms with Crippen molar-refractivity contribution in [2.75, 3.05) is 18.2 Å². The summed E-state index contributed by atoms with van der Waals surface area (Å²) in [6, 6.07) is 3.10. The number of sulfone groups is 1. The summed E-state index contributed by atoms with van der Waals surface area (Å²) in [4.78, 5) is 15.7. The van der Waals surface area contributed by atoms with Crippen LogP contribution in [0.2, 0.25) is 0 Å². The SMILES string of the molecule is CC(C)(CNC(=O)c1ccc(NN)cn1)S(C)(=O)=O. The molecule has 19 heavy (non-hydrogen) atoms. The van der Waals surface area contributed by atoms with Gasteiger partial charge in [0.2, 0.25) is 0 Å². The first-order valence-electron chi connectivity index (χ1n) is 5.58. The molecule has 0 atom stereocenters. The third kappa shape index (κ3) is 3.90. The minimum absolute atomic E-state index is 0.0171. The number of carbonyl (C=O) groups excluding carboxylic acids is 1. The van der Waals surface area contributed by atoms with Crippen LogP contribution in [0.5, 0.6) is 0 Å². The van der Waals surface area contributed by atoms with Crippen molar-refractivity contribution in [3.63, 3.8) is 0 Å². The molecule has 0 unspecified atom stereocenters. The van der Waals surface area contributed by atoms with E-state index in [-0.39, 0.29) is 12.2 Å². The number of anilines is 1. The molecular weight excluding hydrogens is 268 g/mol.